The van der Waals surface area contributed by atoms with E-state index in [1.165, 1.54) is 23.5 Å². The standard InChI is InChI=1S/C21H27N5O5/c1-13(2)12-26-18(23)17(19(27)24-21(26)29)25(9-10-30-4)20(28)14(3)31-16-7-5-15(11-22)6-8-16/h5-8,13-14H,9-10,12,23H2,1-4H3,(H,24,27,29). The van der Waals surface area contributed by atoms with Crippen molar-refractivity contribution in [1.29, 1.82) is 5.26 Å². The van der Waals surface area contributed by atoms with Crippen molar-refractivity contribution in [3.63, 3.8) is 0 Å². The highest BCUT2D eigenvalue weighted by Crippen LogP contribution is 2.20. The van der Waals surface area contributed by atoms with Gasteiger partial charge < -0.3 is 15.2 Å². The van der Waals surface area contributed by atoms with Crippen molar-refractivity contribution in [2.75, 3.05) is 30.9 Å². The van der Waals surface area contributed by atoms with Gasteiger partial charge in [-0.25, -0.2) is 4.79 Å². The fourth-order valence-electron chi connectivity index (χ4n) is 2.98. The first kappa shape index (κ1) is 23.7. The highest BCUT2D eigenvalue weighted by Gasteiger charge is 2.28. The summed E-state index contributed by atoms with van der Waals surface area (Å²) in [6.45, 7) is 5.78. The van der Waals surface area contributed by atoms with Gasteiger partial charge in [0.25, 0.3) is 11.5 Å². The van der Waals surface area contributed by atoms with E-state index in [1.807, 2.05) is 19.9 Å². The lowest BCUT2D eigenvalue weighted by Crippen LogP contribution is -2.47. The van der Waals surface area contributed by atoms with Crippen molar-refractivity contribution in [3.05, 3.63) is 50.7 Å². The largest absolute Gasteiger partial charge is 0.481 e. The monoisotopic (exact) mass is 429 g/mol. The van der Waals surface area contributed by atoms with Crippen molar-refractivity contribution in [3.8, 4) is 11.8 Å². The molecule has 1 unspecified atom stereocenters. The lowest BCUT2D eigenvalue weighted by molar-refractivity contribution is -0.124. The summed E-state index contributed by atoms with van der Waals surface area (Å²) in [5, 5.41) is 8.90. The van der Waals surface area contributed by atoms with E-state index in [0.29, 0.717) is 11.3 Å². The highest BCUT2D eigenvalue weighted by atomic mass is 16.5. The Balaban J connectivity index is 2.42. The number of amides is 1. The third-order valence-electron chi connectivity index (χ3n) is 4.46. The fraction of sp³-hybridized carbons (Fsp3) is 0.429. The number of carbonyl (C=O) groups is 1. The van der Waals surface area contributed by atoms with E-state index in [0.717, 1.165) is 0 Å². The number of nitrogens with zero attached hydrogens (tertiary/aromatic N) is 3. The van der Waals surface area contributed by atoms with E-state index >= 15 is 0 Å². The molecule has 3 N–H and O–H groups in total. The summed E-state index contributed by atoms with van der Waals surface area (Å²) in [7, 11) is 1.46. The van der Waals surface area contributed by atoms with Gasteiger partial charge in [-0.05, 0) is 37.1 Å². The Hall–Kier alpha value is -3.58. The van der Waals surface area contributed by atoms with Crippen LogP contribution in [0.1, 0.15) is 26.3 Å². The van der Waals surface area contributed by atoms with Crippen LogP contribution in [0, 0.1) is 17.2 Å². The summed E-state index contributed by atoms with van der Waals surface area (Å²) in [5.74, 6) is -0.162. The summed E-state index contributed by atoms with van der Waals surface area (Å²) >= 11 is 0. The van der Waals surface area contributed by atoms with Gasteiger partial charge in [-0.3, -0.25) is 24.0 Å². The van der Waals surface area contributed by atoms with E-state index in [2.05, 4.69) is 4.98 Å². The number of rotatable bonds is 9. The highest BCUT2D eigenvalue weighted by molar-refractivity contribution is 5.98. The Morgan fingerprint density at radius 2 is 1.90 bits per heavy atom. The van der Waals surface area contributed by atoms with Gasteiger partial charge >= 0.3 is 5.69 Å². The van der Waals surface area contributed by atoms with Crippen molar-refractivity contribution in [2.45, 2.75) is 33.4 Å². The molecule has 1 aromatic heterocycles. The van der Waals surface area contributed by atoms with Crippen LogP contribution in [0.3, 0.4) is 0 Å². The number of nitrogens with two attached hydrogens (primary N) is 1. The topological polar surface area (TPSA) is 143 Å². The van der Waals surface area contributed by atoms with Gasteiger partial charge in [-0.2, -0.15) is 5.26 Å². The molecule has 0 radical (unpaired) electrons. The van der Waals surface area contributed by atoms with Crippen LogP contribution in [0.15, 0.2) is 33.9 Å². The van der Waals surface area contributed by atoms with E-state index < -0.39 is 23.3 Å². The number of benzene rings is 1. The van der Waals surface area contributed by atoms with Crippen molar-refractivity contribution in [2.24, 2.45) is 5.92 Å². The van der Waals surface area contributed by atoms with Crippen LogP contribution < -0.4 is 26.6 Å². The molecule has 0 saturated carbocycles. The first-order chi connectivity index (χ1) is 14.7. The number of hydrogen-bond donors (Lipinski definition) is 2. The molecule has 1 amide bonds. The van der Waals surface area contributed by atoms with Crippen LogP contribution in [0.5, 0.6) is 5.75 Å². The summed E-state index contributed by atoms with van der Waals surface area (Å²) in [6, 6.07) is 8.29. The van der Waals surface area contributed by atoms with Gasteiger partial charge in [0.2, 0.25) is 0 Å². The first-order valence-electron chi connectivity index (χ1n) is 9.79. The molecule has 0 aliphatic carbocycles. The maximum absolute atomic E-state index is 13.2. The summed E-state index contributed by atoms with van der Waals surface area (Å²) in [5.41, 5.74) is 5.09. The average molecular weight is 429 g/mol. The minimum atomic E-state index is -0.978. The summed E-state index contributed by atoms with van der Waals surface area (Å²) in [6.07, 6.45) is -0.978. The number of nitriles is 1. The number of aromatic nitrogens is 2. The molecule has 10 nitrogen and oxygen atoms in total. The number of nitrogen functional groups attached to an aromatic ring is 1. The molecule has 1 heterocycles. The number of anilines is 2. The van der Waals surface area contributed by atoms with Crippen LogP contribution >= 0.6 is 0 Å². The minimum Gasteiger partial charge on any atom is -0.481 e. The van der Waals surface area contributed by atoms with E-state index in [1.54, 1.807) is 24.3 Å². The second-order valence-corrected chi connectivity index (χ2v) is 7.38. The Labute approximate surface area is 179 Å². The van der Waals surface area contributed by atoms with E-state index in [9.17, 15) is 14.4 Å². The third kappa shape index (κ3) is 5.73. The molecule has 2 aromatic rings. The van der Waals surface area contributed by atoms with E-state index in [4.69, 9.17) is 20.5 Å². The van der Waals surface area contributed by atoms with Crippen molar-refractivity contribution < 1.29 is 14.3 Å². The second-order valence-electron chi connectivity index (χ2n) is 7.38. The molecule has 0 fully saturated rings. The van der Waals surface area contributed by atoms with Gasteiger partial charge in [-0.15, -0.1) is 0 Å². The van der Waals surface area contributed by atoms with Gasteiger partial charge in [0, 0.05) is 20.2 Å². The Kier molecular flexibility index (Phi) is 7.99. The lowest BCUT2D eigenvalue weighted by Gasteiger charge is -2.27. The van der Waals surface area contributed by atoms with Crippen LogP contribution in [0.4, 0.5) is 11.5 Å². The molecule has 1 atom stereocenters. The zero-order chi connectivity index (χ0) is 23.1. The molecule has 0 saturated heterocycles. The Morgan fingerprint density at radius 1 is 1.26 bits per heavy atom. The molecule has 31 heavy (non-hydrogen) atoms. The van der Waals surface area contributed by atoms with Gasteiger partial charge in [0.05, 0.1) is 18.2 Å². The number of aromatic amines is 1. The number of carbonyl (C=O) groups excluding carboxylic acids is 1. The smallest absolute Gasteiger partial charge is 0.330 e. The van der Waals surface area contributed by atoms with Gasteiger partial charge in [-0.1, -0.05) is 13.8 Å². The van der Waals surface area contributed by atoms with Crippen molar-refractivity contribution in [1.82, 2.24) is 9.55 Å². The predicted octanol–water partition coefficient (Wildman–Crippen LogP) is 1.09. The Morgan fingerprint density at radius 3 is 2.45 bits per heavy atom. The van der Waals surface area contributed by atoms with Crippen LogP contribution in [-0.4, -0.2) is 41.8 Å². The number of ether oxygens (including phenoxy) is 2. The van der Waals surface area contributed by atoms with Crippen molar-refractivity contribution >= 4 is 17.4 Å². The van der Waals surface area contributed by atoms with Crippen LogP contribution in [0.25, 0.3) is 0 Å². The molecular formula is C21H27N5O5. The molecule has 0 spiro atoms. The molecule has 166 valence electrons. The third-order valence-corrected chi connectivity index (χ3v) is 4.46. The number of H-pyrrole nitrogens is 1. The zero-order valence-corrected chi connectivity index (χ0v) is 18.0. The summed E-state index contributed by atoms with van der Waals surface area (Å²) < 4.78 is 12.0. The Bertz CT molecular complexity index is 1070. The molecule has 0 aliphatic rings. The lowest BCUT2D eigenvalue weighted by atomic mass is 10.2. The number of nitrogens with one attached hydrogen (secondary N) is 1. The number of hydrogen-bond acceptors (Lipinski definition) is 7. The fourth-order valence-corrected chi connectivity index (χ4v) is 2.98. The second kappa shape index (κ2) is 10.4. The van der Waals surface area contributed by atoms with Gasteiger partial charge in [0.15, 0.2) is 11.8 Å². The predicted molar refractivity (Wildman–Crippen MR) is 116 cm³/mol. The molecule has 0 bridgehead atoms. The first-order valence-corrected chi connectivity index (χ1v) is 9.79. The minimum absolute atomic E-state index is 0.0313. The molecule has 2 rings (SSSR count). The SMILES string of the molecule is COCCN(C(=O)C(C)Oc1ccc(C#N)cc1)c1c(N)n(CC(C)C)c(=O)[nH]c1=O. The van der Waals surface area contributed by atoms with Crippen LogP contribution in [-0.2, 0) is 16.1 Å². The molecular weight excluding hydrogens is 402 g/mol. The zero-order valence-electron chi connectivity index (χ0n) is 18.0. The maximum atomic E-state index is 13.2. The average Bonchev–Trinajstić information content (AvgIpc) is 2.73. The molecule has 1 aromatic carbocycles. The quantitative estimate of drug-likeness (QED) is 0.607. The summed E-state index contributed by atoms with van der Waals surface area (Å²) in [4.78, 5) is 41.4. The molecule has 10 heteroatoms. The number of methoxy groups -OCH3 is 1. The van der Waals surface area contributed by atoms with Gasteiger partial charge in [0.1, 0.15) is 11.6 Å². The van der Waals surface area contributed by atoms with Crippen LogP contribution in [0.2, 0.25) is 0 Å². The van der Waals surface area contributed by atoms with E-state index in [-0.39, 0.29) is 37.1 Å². The maximum Gasteiger partial charge on any atom is 0.330 e. The normalized spacial score (nSPS) is 11.7. The molecule has 0 aliphatic heterocycles.